The molecule has 0 unspecified atom stereocenters. The first-order valence-electron chi connectivity index (χ1n) is 4.67. The molecule has 2 rings (SSSR count). The lowest BCUT2D eigenvalue weighted by atomic mass is 10.1. The van der Waals surface area contributed by atoms with Crippen molar-refractivity contribution in [2.24, 2.45) is 0 Å². The predicted molar refractivity (Wildman–Crippen MR) is 56.9 cm³/mol. The highest BCUT2D eigenvalue weighted by Gasteiger charge is 2.14. The van der Waals surface area contributed by atoms with E-state index in [0.717, 1.165) is 41.8 Å². The van der Waals surface area contributed by atoms with Crippen molar-refractivity contribution in [1.82, 2.24) is 4.98 Å². The lowest BCUT2D eigenvalue weighted by Gasteiger charge is -2.09. The highest BCUT2D eigenvalue weighted by atomic mass is 79.9. The standard InChI is InChI=1S/C10H12BrNO2/c1-13-10-8(11)6-7-4-2-3-5-14-9(7)12-10/h6H,2-5H2,1H3. The van der Waals surface area contributed by atoms with Gasteiger partial charge in [-0.2, -0.15) is 4.98 Å². The Morgan fingerprint density at radius 3 is 3.14 bits per heavy atom. The smallest absolute Gasteiger partial charge is 0.231 e. The van der Waals surface area contributed by atoms with E-state index in [0.29, 0.717) is 5.88 Å². The van der Waals surface area contributed by atoms with E-state index < -0.39 is 0 Å². The summed E-state index contributed by atoms with van der Waals surface area (Å²) in [5.74, 6) is 1.31. The minimum Gasteiger partial charge on any atom is -0.480 e. The van der Waals surface area contributed by atoms with E-state index in [1.54, 1.807) is 7.11 Å². The van der Waals surface area contributed by atoms with Gasteiger partial charge in [0.1, 0.15) is 0 Å². The molecule has 3 nitrogen and oxygen atoms in total. The molecule has 0 radical (unpaired) electrons. The molecule has 0 bridgehead atoms. The fraction of sp³-hybridized carbons (Fsp3) is 0.500. The third kappa shape index (κ3) is 1.85. The molecule has 0 atom stereocenters. The first-order valence-corrected chi connectivity index (χ1v) is 5.47. The van der Waals surface area contributed by atoms with E-state index in [1.807, 2.05) is 6.07 Å². The third-order valence-corrected chi connectivity index (χ3v) is 2.82. The van der Waals surface area contributed by atoms with Crippen molar-refractivity contribution in [3.05, 3.63) is 16.1 Å². The second-order valence-electron chi connectivity index (χ2n) is 3.25. The Labute approximate surface area is 91.6 Å². The summed E-state index contributed by atoms with van der Waals surface area (Å²) in [6, 6.07) is 2.03. The fourth-order valence-electron chi connectivity index (χ4n) is 1.53. The van der Waals surface area contributed by atoms with E-state index in [4.69, 9.17) is 9.47 Å². The molecule has 0 aromatic carbocycles. The Morgan fingerprint density at radius 2 is 2.36 bits per heavy atom. The van der Waals surface area contributed by atoms with Gasteiger partial charge < -0.3 is 9.47 Å². The van der Waals surface area contributed by atoms with Crippen LogP contribution in [0.25, 0.3) is 0 Å². The van der Waals surface area contributed by atoms with Crippen LogP contribution in [0.5, 0.6) is 11.8 Å². The van der Waals surface area contributed by atoms with Gasteiger partial charge in [-0.15, -0.1) is 0 Å². The second kappa shape index (κ2) is 4.17. The molecule has 0 saturated carbocycles. The molecule has 0 saturated heterocycles. The van der Waals surface area contributed by atoms with Crippen LogP contribution in [0, 0.1) is 0 Å². The van der Waals surface area contributed by atoms with Crippen molar-refractivity contribution in [3.63, 3.8) is 0 Å². The quantitative estimate of drug-likeness (QED) is 0.775. The number of hydrogen-bond acceptors (Lipinski definition) is 3. The van der Waals surface area contributed by atoms with Crippen LogP contribution < -0.4 is 9.47 Å². The molecule has 1 aromatic rings. The highest BCUT2D eigenvalue weighted by Crippen LogP contribution is 2.31. The number of nitrogens with zero attached hydrogens (tertiary/aromatic N) is 1. The zero-order valence-electron chi connectivity index (χ0n) is 8.05. The van der Waals surface area contributed by atoms with Gasteiger partial charge in [-0.25, -0.2) is 0 Å². The Bertz CT molecular complexity index is 341. The molecule has 2 heterocycles. The number of hydrogen-bond donors (Lipinski definition) is 0. The third-order valence-electron chi connectivity index (χ3n) is 2.26. The zero-order chi connectivity index (χ0) is 9.97. The molecular formula is C10H12BrNO2. The van der Waals surface area contributed by atoms with Gasteiger partial charge in [-0.05, 0) is 41.3 Å². The van der Waals surface area contributed by atoms with Crippen LogP contribution in [-0.4, -0.2) is 18.7 Å². The van der Waals surface area contributed by atoms with Gasteiger partial charge in [0.2, 0.25) is 11.8 Å². The Balaban J connectivity index is 2.41. The summed E-state index contributed by atoms with van der Waals surface area (Å²) in [6.45, 7) is 0.755. The number of aryl methyl sites for hydroxylation is 1. The number of halogens is 1. The van der Waals surface area contributed by atoms with Gasteiger partial charge in [0.25, 0.3) is 0 Å². The first-order chi connectivity index (χ1) is 6.81. The van der Waals surface area contributed by atoms with Gasteiger partial charge >= 0.3 is 0 Å². The molecule has 0 spiro atoms. The Morgan fingerprint density at radius 1 is 1.50 bits per heavy atom. The second-order valence-corrected chi connectivity index (χ2v) is 4.10. The molecule has 4 heteroatoms. The SMILES string of the molecule is COc1nc2c(cc1Br)CCCCO2. The number of ether oxygens (including phenoxy) is 2. The van der Waals surface area contributed by atoms with E-state index in [-0.39, 0.29) is 0 Å². The maximum Gasteiger partial charge on any atom is 0.231 e. The summed E-state index contributed by atoms with van der Waals surface area (Å²) in [5.41, 5.74) is 1.16. The van der Waals surface area contributed by atoms with Crippen LogP contribution >= 0.6 is 15.9 Å². The van der Waals surface area contributed by atoms with Crippen molar-refractivity contribution < 1.29 is 9.47 Å². The largest absolute Gasteiger partial charge is 0.480 e. The van der Waals surface area contributed by atoms with Crippen LogP contribution in [0.2, 0.25) is 0 Å². The summed E-state index contributed by atoms with van der Waals surface area (Å²) < 4.78 is 11.5. The van der Waals surface area contributed by atoms with Crippen LogP contribution in [-0.2, 0) is 6.42 Å². The molecule has 1 aliphatic heterocycles. The van der Waals surface area contributed by atoms with Crippen LogP contribution in [0.15, 0.2) is 10.5 Å². The molecule has 1 aromatic heterocycles. The zero-order valence-corrected chi connectivity index (χ0v) is 9.63. The number of rotatable bonds is 1. The summed E-state index contributed by atoms with van der Waals surface area (Å²) in [5, 5.41) is 0. The van der Waals surface area contributed by atoms with Crippen LogP contribution in [0.1, 0.15) is 18.4 Å². The number of fused-ring (bicyclic) bond motifs is 1. The molecular weight excluding hydrogens is 246 g/mol. The molecule has 0 N–H and O–H groups in total. The van der Waals surface area contributed by atoms with E-state index in [9.17, 15) is 0 Å². The summed E-state index contributed by atoms with van der Waals surface area (Å²) in [6.07, 6.45) is 3.29. The molecule has 1 aliphatic rings. The molecule has 76 valence electrons. The van der Waals surface area contributed by atoms with E-state index >= 15 is 0 Å². The average molecular weight is 258 g/mol. The Kier molecular flexibility index (Phi) is 2.91. The van der Waals surface area contributed by atoms with Crippen molar-refractivity contribution >= 4 is 15.9 Å². The van der Waals surface area contributed by atoms with Crippen molar-refractivity contribution in [1.29, 1.82) is 0 Å². The number of methoxy groups -OCH3 is 1. The van der Waals surface area contributed by atoms with Crippen LogP contribution in [0.3, 0.4) is 0 Å². The summed E-state index contributed by atoms with van der Waals surface area (Å²) >= 11 is 3.42. The highest BCUT2D eigenvalue weighted by molar-refractivity contribution is 9.10. The maximum absolute atomic E-state index is 5.53. The van der Waals surface area contributed by atoms with Gasteiger partial charge in [-0.3, -0.25) is 0 Å². The van der Waals surface area contributed by atoms with Crippen molar-refractivity contribution in [3.8, 4) is 11.8 Å². The normalized spacial score (nSPS) is 15.3. The summed E-state index contributed by atoms with van der Waals surface area (Å²) in [4.78, 5) is 4.30. The molecule has 14 heavy (non-hydrogen) atoms. The molecule has 0 amide bonds. The molecule has 0 aliphatic carbocycles. The topological polar surface area (TPSA) is 31.4 Å². The lowest BCUT2D eigenvalue weighted by molar-refractivity contribution is 0.297. The monoisotopic (exact) mass is 257 g/mol. The van der Waals surface area contributed by atoms with Gasteiger partial charge in [0.05, 0.1) is 18.2 Å². The van der Waals surface area contributed by atoms with Gasteiger partial charge in [0.15, 0.2) is 0 Å². The van der Waals surface area contributed by atoms with Crippen molar-refractivity contribution in [2.45, 2.75) is 19.3 Å². The first kappa shape index (κ1) is 9.77. The fourth-order valence-corrected chi connectivity index (χ4v) is 2.05. The van der Waals surface area contributed by atoms with Gasteiger partial charge in [-0.1, -0.05) is 0 Å². The van der Waals surface area contributed by atoms with E-state index in [1.165, 1.54) is 0 Å². The number of pyridine rings is 1. The van der Waals surface area contributed by atoms with E-state index in [2.05, 4.69) is 20.9 Å². The molecule has 0 fully saturated rings. The Hall–Kier alpha value is -0.770. The summed E-state index contributed by atoms with van der Waals surface area (Å²) in [7, 11) is 1.61. The lowest BCUT2D eigenvalue weighted by Crippen LogP contribution is -1.99. The minimum absolute atomic E-state index is 0.589. The number of aromatic nitrogens is 1. The average Bonchev–Trinajstić information content (AvgIpc) is 2.41. The maximum atomic E-state index is 5.53. The van der Waals surface area contributed by atoms with Gasteiger partial charge in [0, 0.05) is 5.56 Å². The van der Waals surface area contributed by atoms with Crippen LogP contribution in [0.4, 0.5) is 0 Å². The minimum atomic E-state index is 0.589. The predicted octanol–water partition coefficient (Wildman–Crippen LogP) is 2.57. The van der Waals surface area contributed by atoms with Crippen molar-refractivity contribution in [2.75, 3.05) is 13.7 Å².